The van der Waals surface area contributed by atoms with E-state index in [1.54, 1.807) is 6.26 Å². The number of nitrogens with zero attached hydrogens (tertiary/aromatic N) is 3. The van der Waals surface area contributed by atoms with Gasteiger partial charge in [0, 0.05) is 4.91 Å². The van der Waals surface area contributed by atoms with E-state index in [4.69, 9.17) is 20.5 Å². The maximum Gasteiger partial charge on any atom is 0.114 e. The molecule has 0 radical (unpaired) electrons. The molecule has 0 aromatic rings. The van der Waals surface area contributed by atoms with Gasteiger partial charge in [-0.25, -0.2) is 0 Å². The second-order valence-corrected chi connectivity index (χ2v) is 4.09. The predicted octanol–water partition coefficient (Wildman–Crippen LogP) is 0.105. The molecule has 0 spiro atoms. The van der Waals surface area contributed by atoms with Crippen molar-refractivity contribution in [2.45, 2.75) is 30.6 Å². The molecule has 0 aliphatic rings. The molecule has 0 aromatic carbocycles. The van der Waals surface area contributed by atoms with E-state index >= 15 is 0 Å². The van der Waals surface area contributed by atoms with Crippen LogP contribution in [0.3, 0.4) is 0 Å². The molecule has 0 amide bonds. The van der Waals surface area contributed by atoms with Crippen LogP contribution in [0.4, 0.5) is 0 Å². The number of hydrogen-bond acceptors (Lipinski definition) is 6. The summed E-state index contributed by atoms with van der Waals surface area (Å²) in [6, 6.07) is -0.743. The van der Waals surface area contributed by atoms with Crippen LogP contribution in [-0.4, -0.2) is 58.5 Å². The Kier molecular flexibility index (Phi) is 8.36. The van der Waals surface area contributed by atoms with Crippen molar-refractivity contribution in [3.63, 3.8) is 0 Å². The summed E-state index contributed by atoms with van der Waals surface area (Å²) in [6.07, 6.45) is 0.113. The Morgan fingerprint density at radius 2 is 2.06 bits per heavy atom. The summed E-state index contributed by atoms with van der Waals surface area (Å²) in [7, 11) is 0. The van der Waals surface area contributed by atoms with Crippen LogP contribution < -0.4 is 0 Å². The van der Waals surface area contributed by atoms with Gasteiger partial charge in [0.2, 0.25) is 0 Å². The highest BCUT2D eigenvalue weighted by atomic mass is 32.2. The van der Waals surface area contributed by atoms with Crippen molar-refractivity contribution in [3.8, 4) is 0 Å². The van der Waals surface area contributed by atoms with Crippen LogP contribution in [0.25, 0.3) is 10.4 Å². The van der Waals surface area contributed by atoms with E-state index in [-0.39, 0.29) is 13.2 Å². The molecule has 0 aliphatic heterocycles. The highest BCUT2D eigenvalue weighted by Crippen LogP contribution is 2.19. The molecule has 16 heavy (non-hydrogen) atoms. The van der Waals surface area contributed by atoms with Gasteiger partial charge in [-0.2, -0.15) is 0 Å². The minimum atomic E-state index is -0.843. The molecule has 0 aliphatic carbocycles. The summed E-state index contributed by atoms with van der Waals surface area (Å²) in [5.41, 5.74) is 7.69. The zero-order valence-corrected chi connectivity index (χ0v) is 10.0. The van der Waals surface area contributed by atoms with Crippen LogP contribution in [0.5, 0.6) is 0 Å². The molecular formula is C8H17N3O4S. The Hall–Kier alpha value is -0.500. The average Bonchev–Trinajstić information content (AvgIpc) is 2.28. The highest BCUT2D eigenvalue weighted by Gasteiger charge is 2.25. The molecule has 0 bridgehead atoms. The number of azide groups is 1. The van der Waals surface area contributed by atoms with Crippen molar-refractivity contribution in [2.24, 2.45) is 5.11 Å². The third-order valence-electron chi connectivity index (χ3n) is 1.96. The van der Waals surface area contributed by atoms with E-state index in [2.05, 4.69) is 10.0 Å². The van der Waals surface area contributed by atoms with Gasteiger partial charge >= 0.3 is 0 Å². The quantitative estimate of drug-likeness (QED) is 0.245. The van der Waals surface area contributed by atoms with E-state index < -0.39 is 23.7 Å². The molecule has 94 valence electrons. The van der Waals surface area contributed by atoms with Crippen LogP contribution in [0.1, 0.15) is 6.92 Å². The van der Waals surface area contributed by atoms with Gasteiger partial charge < -0.3 is 20.1 Å². The molecule has 4 atom stereocenters. The van der Waals surface area contributed by atoms with Gasteiger partial charge in [-0.3, -0.25) is 0 Å². The first-order chi connectivity index (χ1) is 7.60. The third-order valence-corrected chi connectivity index (χ3v) is 2.85. The summed E-state index contributed by atoms with van der Waals surface area (Å²) in [4.78, 5) is 2.60. The summed E-state index contributed by atoms with van der Waals surface area (Å²) in [5.74, 6) is 0. The van der Waals surface area contributed by atoms with Gasteiger partial charge in [0.05, 0.1) is 25.4 Å². The SMILES string of the molecule is CS[C@H](OC(CO)[C@H](C)O)[C@H](CO)N=[N+]=[N-]. The maximum absolute atomic E-state index is 9.28. The Morgan fingerprint density at radius 1 is 1.44 bits per heavy atom. The minimum Gasteiger partial charge on any atom is -0.396 e. The number of thioether (sulfide) groups is 1. The molecule has 0 fully saturated rings. The molecular weight excluding hydrogens is 234 g/mol. The van der Waals surface area contributed by atoms with Gasteiger partial charge in [-0.1, -0.05) is 5.11 Å². The molecule has 0 aromatic heterocycles. The second kappa shape index (κ2) is 8.63. The first-order valence-electron chi connectivity index (χ1n) is 4.72. The van der Waals surface area contributed by atoms with Crippen molar-refractivity contribution in [3.05, 3.63) is 10.4 Å². The van der Waals surface area contributed by atoms with E-state index in [0.717, 1.165) is 0 Å². The second-order valence-electron chi connectivity index (χ2n) is 3.16. The summed E-state index contributed by atoms with van der Waals surface area (Å²) in [5, 5.41) is 30.6. The lowest BCUT2D eigenvalue weighted by Gasteiger charge is -2.27. The number of rotatable bonds is 8. The van der Waals surface area contributed by atoms with Crippen LogP contribution in [0.15, 0.2) is 5.11 Å². The Balaban J connectivity index is 4.52. The molecule has 3 N–H and O–H groups in total. The fourth-order valence-corrected chi connectivity index (χ4v) is 1.74. The number of aliphatic hydroxyl groups is 3. The zero-order valence-electron chi connectivity index (χ0n) is 9.22. The average molecular weight is 251 g/mol. The summed E-state index contributed by atoms with van der Waals surface area (Å²) in [6.45, 7) is 0.788. The summed E-state index contributed by atoms with van der Waals surface area (Å²) < 4.78 is 5.35. The number of hydrogen-bond donors (Lipinski definition) is 3. The van der Waals surface area contributed by atoms with E-state index in [0.29, 0.717) is 0 Å². The Morgan fingerprint density at radius 3 is 2.38 bits per heavy atom. The minimum absolute atomic E-state index is 0.344. The van der Waals surface area contributed by atoms with E-state index in [9.17, 15) is 5.11 Å². The molecule has 0 rings (SSSR count). The van der Waals surface area contributed by atoms with Crippen molar-refractivity contribution in [1.82, 2.24) is 0 Å². The maximum atomic E-state index is 9.28. The van der Waals surface area contributed by atoms with Gasteiger partial charge in [0.15, 0.2) is 0 Å². The smallest absolute Gasteiger partial charge is 0.114 e. The fourth-order valence-electron chi connectivity index (χ4n) is 1.03. The summed E-state index contributed by atoms with van der Waals surface area (Å²) >= 11 is 1.23. The molecule has 0 saturated heterocycles. The number of ether oxygens (including phenoxy) is 1. The van der Waals surface area contributed by atoms with Gasteiger partial charge in [-0.05, 0) is 18.7 Å². The van der Waals surface area contributed by atoms with E-state index in [1.165, 1.54) is 18.7 Å². The lowest BCUT2D eigenvalue weighted by molar-refractivity contribution is -0.0740. The van der Waals surface area contributed by atoms with Gasteiger partial charge in [0.1, 0.15) is 11.5 Å². The zero-order chi connectivity index (χ0) is 12.6. The lowest BCUT2D eigenvalue weighted by atomic mass is 10.2. The Bertz CT molecular complexity index is 235. The highest BCUT2D eigenvalue weighted by molar-refractivity contribution is 7.99. The topological polar surface area (TPSA) is 119 Å². The fraction of sp³-hybridized carbons (Fsp3) is 1.00. The van der Waals surface area contributed by atoms with E-state index in [1.807, 2.05) is 0 Å². The molecule has 0 saturated carbocycles. The predicted molar refractivity (Wildman–Crippen MR) is 61.0 cm³/mol. The molecule has 7 nitrogen and oxygen atoms in total. The largest absolute Gasteiger partial charge is 0.396 e. The van der Waals surface area contributed by atoms with Crippen molar-refractivity contribution in [2.75, 3.05) is 19.5 Å². The van der Waals surface area contributed by atoms with Crippen molar-refractivity contribution in [1.29, 1.82) is 0 Å². The van der Waals surface area contributed by atoms with Gasteiger partial charge in [-0.15, -0.1) is 11.8 Å². The van der Waals surface area contributed by atoms with Crippen LogP contribution >= 0.6 is 11.8 Å². The van der Waals surface area contributed by atoms with Crippen LogP contribution in [-0.2, 0) is 4.74 Å². The van der Waals surface area contributed by atoms with Crippen molar-refractivity contribution < 1.29 is 20.1 Å². The molecule has 8 heteroatoms. The standard InChI is InChI=1S/C8H17N3O4S/c1-5(14)7(4-13)15-8(16-2)6(3-12)10-11-9/h5-8,12-14H,3-4H2,1-2H3/t5-,6-,7?,8-/m0/s1. The Labute approximate surface area is 98.0 Å². The first kappa shape index (κ1) is 15.5. The van der Waals surface area contributed by atoms with Crippen LogP contribution in [0, 0.1) is 0 Å². The molecule has 0 heterocycles. The monoisotopic (exact) mass is 251 g/mol. The van der Waals surface area contributed by atoms with Crippen LogP contribution in [0.2, 0.25) is 0 Å². The van der Waals surface area contributed by atoms with Crippen molar-refractivity contribution >= 4 is 11.8 Å². The molecule has 1 unspecified atom stereocenters. The normalized spacial score (nSPS) is 18.3. The first-order valence-corrected chi connectivity index (χ1v) is 6.01. The van der Waals surface area contributed by atoms with Gasteiger partial charge in [0.25, 0.3) is 0 Å². The third kappa shape index (κ3) is 5.02. The lowest BCUT2D eigenvalue weighted by Crippen LogP contribution is -2.38. The number of aliphatic hydroxyl groups excluding tert-OH is 3.